The SMILES string of the molecule is COc1ccc(C(=O)C2CC(CCOC(C)=O)(c3ccc(Cl)c(Cl)c3)CN2)c(OC)c1OC. The average Bonchev–Trinajstić information content (AvgIpc) is 3.24. The molecule has 1 aliphatic heterocycles. The molecule has 2 atom stereocenters. The molecule has 2 unspecified atom stereocenters. The Bertz CT molecular complexity index is 1040. The van der Waals surface area contributed by atoms with Gasteiger partial charge in [-0.05, 0) is 42.7 Å². The van der Waals surface area contributed by atoms with Crippen molar-refractivity contribution in [1.82, 2.24) is 5.32 Å². The number of benzene rings is 2. The molecule has 1 fully saturated rings. The lowest BCUT2D eigenvalue weighted by Crippen LogP contribution is -2.31. The van der Waals surface area contributed by atoms with E-state index in [4.69, 9.17) is 42.1 Å². The monoisotopic (exact) mass is 495 g/mol. The molecule has 0 amide bonds. The topological polar surface area (TPSA) is 83.1 Å². The fourth-order valence-electron chi connectivity index (χ4n) is 4.29. The van der Waals surface area contributed by atoms with Crippen LogP contribution in [0.2, 0.25) is 10.0 Å². The molecule has 1 heterocycles. The van der Waals surface area contributed by atoms with Crippen molar-refractivity contribution >= 4 is 35.0 Å². The molecule has 178 valence electrons. The molecule has 2 aromatic carbocycles. The van der Waals surface area contributed by atoms with E-state index in [-0.39, 0.29) is 18.4 Å². The molecule has 0 saturated carbocycles. The average molecular weight is 496 g/mol. The Morgan fingerprint density at radius 1 is 1.03 bits per heavy atom. The number of esters is 1. The lowest BCUT2D eigenvalue weighted by molar-refractivity contribution is -0.141. The molecule has 0 aromatic heterocycles. The molecule has 9 heteroatoms. The summed E-state index contributed by atoms with van der Waals surface area (Å²) in [5.41, 5.74) is 0.831. The third-order valence-electron chi connectivity index (χ3n) is 5.99. The minimum atomic E-state index is -0.496. The van der Waals surface area contributed by atoms with Gasteiger partial charge in [0.1, 0.15) is 0 Å². The van der Waals surface area contributed by atoms with Crippen LogP contribution in [-0.4, -0.2) is 52.3 Å². The normalized spacial score (nSPS) is 19.8. The van der Waals surface area contributed by atoms with Gasteiger partial charge in [-0.25, -0.2) is 0 Å². The number of hydrogen-bond donors (Lipinski definition) is 1. The van der Waals surface area contributed by atoms with Gasteiger partial charge in [0.2, 0.25) is 5.75 Å². The second-order valence-electron chi connectivity index (χ2n) is 7.88. The number of carbonyl (C=O) groups is 2. The lowest BCUT2D eigenvalue weighted by atomic mass is 9.75. The van der Waals surface area contributed by atoms with Crippen LogP contribution in [-0.2, 0) is 14.9 Å². The number of halogens is 2. The minimum absolute atomic E-state index is 0.137. The first kappa shape index (κ1) is 25.1. The third-order valence-corrected chi connectivity index (χ3v) is 6.72. The summed E-state index contributed by atoms with van der Waals surface area (Å²) < 4.78 is 21.5. The van der Waals surface area contributed by atoms with Gasteiger partial charge in [-0.15, -0.1) is 0 Å². The third kappa shape index (κ3) is 5.21. The molecule has 1 N–H and O–H groups in total. The van der Waals surface area contributed by atoms with Crippen LogP contribution in [0, 0.1) is 0 Å². The Hall–Kier alpha value is -2.48. The quantitative estimate of drug-likeness (QED) is 0.406. The number of hydrogen-bond acceptors (Lipinski definition) is 7. The van der Waals surface area contributed by atoms with E-state index in [2.05, 4.69) is 5.32 Å². The molecule has 3 rings (SSSR count). The van der Waals surface area contributed by atoms with E-state index in [1.165, 1.54) is 28.3 Å². The molecule has 1 saturated heterocycles. The first-order chi connectivity index (χ1) is 15.8. The summed E-state index contributed by atoms with van der Waals surface area (Å²) in [6, 6.07) is 8.29. The number of carbonyl (C=O) groups excluding carboxylic acids is 2. The number of ether oxygens (including phenoxy) is 4. The van der Waals surface area contributed by atoms with Crippen molar-refractivity contribution in [3.05, 3.63) is 51.5 Å². The van der Waals surface area contributed by atoms with Crippen LogP contribution < -0.4 is 19.5 Å². The van der Waals surface area contributed by atoms with E-state index in [9.17, 15) is 9.59 Å². The summed E-state index contributed by atoms with van der Waals surface area (Å²) in [6.45, 7) is 2.09. The second kappa shape index (κ2) is 10.6. The van der Waals surface area contributed by atoms with Gasteiger partial charge < -0.3 is 24.3 Å². The fourth-order valence-corrected chi connectivity index (χ4v) is 4.59. The van der Waals surface area contributed by atoms with Gasteiger partial charge in [0.25, 0.3) is 0 Å². The maximum Gasteiger partial charge on any atom is 0.302 e. The van der Waals surface area contributed by atoms with Crippen LogP contribution in [0.1, 0.15) is 35.7 Å². The Labute approximate surface area is 203 Å². The highest BCUT2D eigenvalue weighted by atomic mass is 35.5. The van der Waals surface area contributed by atoms with Gasteiger partial charge in [0, 0.05) is 18.9 Å². The van der Waals surface area contributed by atoms with Crippen LogP contribution >= 0.6 is 23.2 Å². The van der Waals surface area contributed by atoms with Crippen molar-refractivity contribution < 1.29 is 28.5 Å². The summed E-state index contributed by atoms with van der Waals surface area (Å²) in [6.07, 6.45) is 0.993. The Morgan fingerprint density at radius 3 is 2.36 bits per heavy atom. The van der Waals surface area contributed by atoms with Crippen molar-refractivity contribution in [2.45, 2.75) is 31.2 Å². The van der Waals surface area contributed by atoms with Crippen molar-refractivity contribution in [3.8, 4) is 17.2 Å². The molecule has 0 aliphatic carbocycles. The predicted octanol–water partition coefficient (Wildman–Crippen LogP) is 4.46. The Balaban J connectivity index is 1.94. The zero-order valence-corrected chi connectivity index (χ0v) is 20.5. The van der Waals surface area contributed by atoms with E-state index in [1.54, 1.807) is 18.2 Å². The summed E-state index contributed by atoms with van der Waals surface area (Å²) >= 11 is 12.4. The van der Waals surface area contributed by atoms with Crippen LogP contribution in [0.25, 0.3) is 0 Å². The minimum Gasteiger partial charge on any atom is -0.493 e. The number of methoxy groups -OCH3 is 3. The van der Waals surface area contributed by atoms with E-state index in [0.29, 0.717) is 52.2 Å². The van der Waals surface area contributed by atoms with Crippen LogP contribution in [0.5, 0.6) is 17.2 Å². The first-order valence-corrected chi connectivity index (χ1v) is 11.2. The number of Topliss-reactive ketones (excluding diaryl/α,β-unsaturated/α-hetero) is 1. The van der Waals surface area contributed by atoms with Crippen LogP contribution in [0.15, 0.2) is 30.3 Å². The van der Waals surface area contributed by atoms with E-state index < -0.39 is 11.5 Å². The number of ketones is 1. The molecule has 7 nitrogen and oxygen atoms in total. The van der Waals surface area contributed by atoms with Crippen molar-refractivity contribution in [2.75, 3.05) is 34.5 Å². The van der Waals surface area contributed by atoms with E-state index >= 15 is 0 Å². The molecule has 2 aromatic rings. The number of rotatable bonds is 9. The van der Waals surface area contributed by atoms with Gasteiger partial charge in [-0.1, -0.05) is 29.3 Å². The smallest absolute Gasteiger partial charge is 0.302 e. The van der Waals surface area contributed by atoms with Gasteiger partial charge in [0.15, 0.2) is 17.3 Å². The first-order valence-electron chi connectivity index (χ1n) is 10.4. The van der Waals surface area contributed by atoms with Gasteiger partial charge >= 0.3 is 5.97 Å². The molecule has 33 heavy (non-hydrogen) atoms. The molecule has 0 spiro atoms. The molecule has 0 radical (unpaired) electrons. The molecular weight excluding hydrogens is 469 g/mol. The largest absolute Gasteiger partial charge is 0.493 e. The Morgan fingerprint density at radius 2 is 1.76 bits per heavy atom. The number of nitrogens with one attached hydrogen (secondary N) is 1. The maximum atomic E-state index is 13.5. The van der Waals surface area contributed by atoms with Crippen molar-refractivity contribution in [1.29, 1.82) is 0 Å². The summed E-state index contributed by atoms with van der Waals surface area (Å²) in [4.78, 5) is 24.9. The summed E-state index contributed by atoms with van der Waals surface area (Å²) in [5, 5.41) is 4.22. The van der Waals surface area contributed by atoms with Crippen molar-refractivity contribution in [2.24, 2.45) is 0 Å². The van der Waals surface area contributed by atoms with E-state index in [1.807, 2.05) is 12.1 Å². The summed E-state index contributed by atoms with van der Waals surface area (Å²) in [7, 11) is 4.49. The second-order valence-corrected chi connectivity index (χ2v) is 8.70. The van der Waals surface area contributed by atoms with Gasteiger partial charge in [0.05, 0.1) is 49.6 Å². The lowest BCUT2D eigenvalue weighted by Gasteiger charge is -2.29. The van der Waals surface area contributed by atoms with Crippen LogP contribution in [0.3, 0.4) is 0 Å². The fraction of sp³-hybridized carbons (Fsp3) is 0.417. The van der Waals surface area contributed by atoms with Crippen molar-refractivity contribution in [3.63, 3.8) is 0 Å². The maximum absolute atomic E-state index is 13.5. The zero-order valence-electron chi connectivity index (χ0n) is 19.0. The van der Waals surface area contributed by atoms with Gasteiger partial charge in [-0.3, -0.25) is 9.59 Å². The van der Waals surface area contributed by atoms with Gasteiger partial charge in [-0.2, -0.15) is 0 Å². The Kier molecular flexibility index (Phi) is 8.10. The zero-order chi connectivity index (χ0) is 24.2. The standard InChI is InChI=1S/C24H27Cl2NO6/c1-14(28)33-10-9-24(15-5-7-17(25)18(26)11-15)12-19(27-13-24)21(29)16-6-8-20(30-2)23(32-4)22(16)31-3/h5-8,11,19,27H,9-10,12-13H2,1-4H3. The predicted molar refractivity (Wildman–Crippen MR) is 126 cm³/mol. The summed E-state index contributed by atoms with van der Waals surface area (Å²) in [5.74, 6) is 0.650. The molecular formula is C24H27Cl2NO6. The molecule has 0 bridgehead atoms. The highest BCUT2D eigenvalue weighted by Gasteiger charge is 2.44. The van der Waals surface area contributed by atoms with Crippen LogP contribution in [0.4, 0.5) is 0 Å². The highest BCUT2D eigenvalue weighted by molar-refractivity contribution is 6.42. The van der Waals surface area contributed by atoms with E-state index in [0.717, 1.165) is 5.56 Å². The highest BCUT2D eigenvalue weighted by Crippen LogP contribution is 2.43. The molecule has 1 aliphatic rings.